The van der Waals surface area contributed by atoms with Crippen molar-refractivity contribution in [3.05, 3.63) is 77.5 Å². The molecular formula is C22H19NO. The van der Waals surface area contributed by atoms with Crippen molar-refractivity contribution >= 4 is 16.5 Å². The monoisotopic (exact) mass is 313 g/mol. The van der Waals surface area contributed by atoms with Crippen LogP contribution in [0.5, 0.6) is 5.75 Å². The third-order valence-electron chi connectivity index (χ3n) is 5.24. The molecule has 0 bridgehead atoms. The average molecular weight is 313 g/mol. The molecule has 2 heterocycles. The lowest BCUT2D eigenvalue weighted by molar-refractivity contribution is 0.234. The fourth-order valence-corrected chi connectivity index (χ4v) is 3.93. The Hall–Kier alpha value is -2.61. The van der Waals surface area contributed by atoms with Crippen molar-refractivity contribution in [2.24, 2.45) is 16.8 Å². The molecule has 2 nitrogen and oxygen atoms in total. The summed E-state index contributed by atoms with van der Waals surface area (Å²) in [6, 6.07) is 12.7. The van der Waals surface area contributed by atoms with E-state index in [-0.39, 0.29) is 12.0 Å². The van der Waals surface area contributed by atoms with Gasteiger partial charge in [0.05, 0.1) is 5.71 Å². The first kappa shape index (κ1) is 13.8. The molecule has 118 valence electrons. The first-order chi connectivity index (χ1) is 11.7. The second-order valence-corrected chi connectivity index (χ2v) is 7.02. The largest absolute Gasteiger partial charge is 0.482 e. The maximum Gasteiger partial charge on any atom is 0.151 e. The van der Waals surface area contributed by atoms with Crippen LogP contribution in [0.1, 0.15) is 19.4 Å². The smallest absolute Gasteiger partial charge is 0.151 e. The van der Waals surface area contributed by atoms with Gasteiger partial charge in [-0.15, -0.1) is 0 Å². The topological polar surface area (TPSA) is 21.6 Å². The SMILES string of the molecule is CC(C)C1=CC2C(=CN=C3c4cccc5cccc(c45)OC32)C=C1. The maximum atomic E-state index is 6.46. The molecule has 0 aromatic heterocycles. The number of nitrogens with zero attached hydrogens (tertiary/aromatic N) is 1. The Kier molecular flexibility index (Phi) is 2.84. The van der Waals surface area contributed by atoms with Crippen molar-refractivity contribution < 1.29 is 4.74 Å². The average Bonchev–Trinajstić information content (AvgIpc) is 2.61. The van der Waals surface area contributed by atoms with Crippen LogP contribution in [-0.4, -0.2) is 11.8 Å². The first-order valence-corrected chi connectivity index (χ1v) is 8.59. The molecule has 0 N–H and O–H groups in total. The lowest BCUT2D eigenvalue weighted by atomic mass is 9.78. The number of hydrogen-bond donors (Lipinski definition) is 0. The van der Waals surface area contributed by atoms with Gasteiger partial charge in [-0.1, -0.05) is 62.4 Å². The van der Waals surface area contributed by atoms with Crippen LogP contribution in [-0.2, 0) is 0 Å². The summed E-state index contributed by atoms with van der Waals surface area (Å²) in [5, 5.41) is 2.40. The van der Waals surface area contributed by atoms with E-state index in [4.69, 9.17) is 9.73 Å². The predicted octanol–water partition coefficient (Wildman–Crippen LogP) is 5.06. The molecule has 0 spiro atoms. The van der Waals surface area contributed by atoms with Crippen molar-refractivity contribution in [1.82, 2.24) is 0 Å². The summed E-state index contributed by atoms with van der Waals surface area (Å²) in [4.78, 5) is 4.78. The third-order valence-corrected chi connectivity index (χ3v) is 5.24. The van der Waals surface area contributed by atoms with E-state index in [9.17, 15) is 0 Å². The van der Waals surface area contributed by atoms with Gasteiger partial charge in [-0.05, 0) is 28.5 Å². The summed E-state index contributed by atoms with van der Waals surface area (Å²) in [6.45, 7) is 4.47. The zero-order chi connectivity index (χ0) is 16.3. The van der Waals surface area contributed by atoms with E-state index in [1.807, 2.05) is 6.20 Å². The van der Waals surface area contributed by atoms with Crippen LogP contribution in [0.4, 0.5) is 0 Å². The van der Waals surface area contributed by atoms with Crippen LogP contribution in [0.2, 0.25) is 0 Å². The summed E-state index contributed by atoms with van der Waals surface area (Å²) in [7, 11) is 0. The molecule has 0 saturated heterocycles. The normalized spacial score (nSPS) is 23.9. The third kappa shape index (κ3) is 1.86. The lowest BCUT2D eigenvalue weighted by Gasteiger charge is -2.36. The summed E-state index contributed by atoms with van der Waals surface area (Å²) in [6.07, 6.45) is 8.75. The fraction of sp³-hybridized carbons (Fsp3) is 0.227. The predicted molar refractivity (Wildman–Crippen MR) is 98.5 cm³/mol. The second kappa shape index (κ2) is 4.94. The van der Waals surface area contributed by atoms with Crippen molar-refractivity contribution in [3.63, 3.8) is 0 Å². The zero-order valence-electron chi connectivity index (χ0n) is 13.9. The van der Waals surface area contributed by atoms with E-state index in [0.29, 0.717) is 5.92 Å². The van der Waals surface area contributed by atoms with E-state index in [1.54, 1.807) is 0 Å². The summed E-state index contributed by atoms with van der Waals surface area (Å²) < 4.78 is 6.46. The molecule has 2 atom stereocenters. The van der Waals surface area contributed by atoms with Gasteiger partial charge < -0.3 is 4.74 Å². The lowest BCUT2D eigenvalue weighted by Crippen LogP contribution is -2.40. The van der Waals surface area contributed by atoms with Gasteiger partial charge in [-0.25, -0.2) is 0 Å². The zero-order valence-corrected chi connectivity index (χ0v) is 13.9. The highest BCUT2D eigenvalue weighted by molar-refractivity contribution is 6.17. The van der Waals surface area contributed by atoms with Gasteiger partial charge in [0, 0.05) is 23.1 Å². The number of ether oxygens (including phenoxy) is 1. The van der Waals surface area contributed by atoms with E-state index in [0.717, 1.165) is 11.5 Å². The van der Waals surface area contributed by atoms with Crippen molar-refractivity contribution in [2.75, 3.05) is 0 Å². The first-order valence-electron chi connectivity index (χ1n) is 8.59. The Bertz CT molecular complexity index is 969. The molecule has 2 heteroatoms. The van der Waals surface area contributed by atoms with Crippen LogP contribution in [0.15, 0.2) is 77.0 Å². The minimum absolute atomic E-state index is 0.0378. The van der Waals surface area contributed by atoms with Crippen LogP contribution >= 0.6 is 0 Å². The number of fused-ring (bicyclic) bond motifs is 4. The number of aliphatic imine (C=N–C) groups is 1. The molecule has 0 saturated carbocycles. The van der Waals surface area contributed by atoms with Crippen LogP contribution < -0.4 is 4.74 Å². The Morgan fingerprint density at radius 2 is 1.88 bits per heavy atom. The number of rotatable bonds is 1. The van der Waals surface area contributed by atoms with Crippen LogP contribution in [0.25, 0.3) is 10.8 Å². The molecule has 2 unspecified atom stereocenters. The van der Waals surface area contributed by atoms with Crippen molar-refractivity contribution in [1.29, 1.82) is 0 Å². The maximum absolute atomic E-state index is 6.46. The summed E-state index contributed by atoms with van der Waals surface area (Å²) in [5.74, 6) is 1.73. The van der Waals surface area contributed by atoms with E-state index >= 15 is 0 Å². The Morgan fingerprint density at radius 3 is 2.71 bits per heavy atom. The summed E-state index contributed by atoms with van der Waals surface area (Å²) >= 11 is 0. The Balaban J connectivity index is 1.70. The highest BCUT2D eigenvalue weighted by atomic mass is 16.5. The van der Waals surface area contributed by atoms with Crippen LogP contribution in [0.3, 0.4) is 0 Å². The molecule has 24 heavy (non-hydrogen) atoms. The number of benzene rings is 2. The fourth-order valence-electron chi connectivity index (χ4n) is 3.93. The molecule has 2 aromatic carbocycles. The summed E-state index contributed by atoms with van der Waals surface area (Å²) in [5.41, 5.74) is 4.88. The standard InChI is InChI=1S/C22H19NO/c1-13(2)15-9-10-16-12-23-21-17-7-3-5-14-6-4-8-19(20(14)17)24-22(21)18(16)11-15/h3-13,18,22H,1-2H3. The van der Waals surface area contributed by atoms with Gasteiger partial charge in [0.2, 0.25) is 0 Å². The molecule has 2 aliphatic heterocycles. The van der Waals surface area contributed by atoms with Gasteiger partial charge in [-0.2, -0.15) is 0 Å². The van der Waals surface area contributed by atoms with Crippen LogP contribution in [0, 0.1) is 11.8 Å². The van der Waals surface area contributed by atoms with Gasteiger partial charge in [0.15, 0.2) is 6.10 Å². The molecule has 0 fully saturated rings. The van der Waals surface area contributed by atoms with Gasteiger partial charge in [-0.3, -0.25) is 4.99 Å². The Morgan fingerprint density at radius 1 is 1.04 bits per heavy atom. The van der Waals surface area contributed by atoms with Gasteiger partial charge in [0.25, 0.3) is 0 Å². The van der Waals surface area contributed by atoms with E-state index in [1.165, 1.54) is 27.5 Å². The highest BCUT2D eigenvalue weighted by Gasteiger charge is 2.37. The second-order valence-electron chi connectivity index (χ2n) is 7.02. The number of allylic oxidation sites excluding steroid dienone is 3. The molecule has 3 aliphatic rings. The molecule has 0 radical (unpaired) electrons. The van der Waals surface area contributed by atoms with Crippen molar-refractivity contribution in [3.8, 4) is 5.75 Å². The van der Waals surface area contributed by atoms with E-state index < -0.39 is 0 Å². The van der Waals surface area contributed by atoms with Crippen molar-refractivity contribution in [2.45, 2.75) is 20.0 Å². The van der Waals surface area contributed by atoms with Gasteiger partial charge in [0.1, 0.15) is 5.75 Å². The highest BCUT2D eigenvalue weighted by Crippen LogP contribution is 2.41. The number of hydrogen-bond acceptors (Lipinski definition) is 2. The Labute approximate surface area is 141 Å². The van der Waals surface area contributed by atoms with Gasteiger partial charge >= 0.3 is 0 Å². The molecule has 5 rings (SSSR count). The minimum atomic E-state index is -0.0378. The minimum Gasteiger partial charge on any atom is -0.482 e. The molecular weight excluding hydrogens is 294 g/mol. The molecule has 2 aromatic rings. The van der Waals surface area contributed by atoms with E-state index in [2.05, 4.69) is 68.5 Å². The molecule has 0 amide bonds. The quantitative estimate of drug-likeness (QED) is 0.721. The molecule has 1 aliphatic carbocycles.